The van der Waals surface area contributed by atoms with Crippen LogP contribution >= 0.6 is 0 Å². The lowest BCUT2D eigenvalue weighted by molar-refractivity contribution is 0.562. The fourth-order valence-electron chi connectivity index (χ4n) is 0.916. The number of isocyanates is 2. The van der Waals surface area contributed by atoms with Crippen LogP contribution in [0.15, 0.2) is 28.2 Å². The minimum Gasteiger partial charge on any atom is -0.285 e. The molecule has 5 heteroatoms. The Morgan fingerprint density at radius 3 is 2.29 bits per heavy atom. The molecule has 1 aromatic rings. The highest BCUT2D eigenvalue weighted by Gasteiger charge is 2.06. The molecule has 0 unspecified atom stereocenters. The quantitative estimate of drug-likeness (QED) is 0.524. The zero-order chi connectivity index (χ0) is 10.4. The van der Waals surface area contributed by atoms with E-state index in [1.165, 1.54) is 30.4 Å². The van der Waals surface area contributed by atoms with Crippen molar-refractivity contribution in [3.63, 3.8) is 0 Å². The Bertz CT molecular complexity index is 455. The second kappa shape index (κ2) is 4.62. The summed E-state index contributed by atoms with van der Waals surface area (Å²) in [5.74, 6) is 0. The maximum absolute atomic E-state index is 10.4. The fraction of sp³-hybridized carbons (Fsp3) is 0. The SMILES string of the molecule is O=[C]c1cccc(N=C=O)c1N=C=O. The molecule has 0 N–H and O–H groups in total. The maximum atomic E-state index is 10.4. The van der Waals surface area contributed by atoms with E-state index in [1.54, 1.807) is 6.29 Å². The molecule has 0 aliphatic heterocycles. The van der Waals surface area contributed by atoms with Crippen molar-refractivity contribution in [2.24, 2.45) is 9.98 Å². The predicted octanol–water partition coefficient (Wildman–Crippen LogP) is 1.08. The van der Waals surface area contributed by atoms with E-state index >= 15 is 0 Å². The molecule has 1 aromatic carbocycles. The third kappa shape index (κ3) is 1.87. The van der Waals surface area contributed by atoms with Gasteiger partial charge in [0.25, 0.3) is 0 Å². The second-order valence-electron chi connectivity index (χ2n) is 2.18. The number of nitrogens with zero attached hydrogens (tertiary/aromatic N) is 2. The third-order valence-corrected chi connectivity index (χ3v) is 1.45. The van der Waals surface area contributed by atoms with Gasteiger partial charge in [-0.25, -0.2) is 9.59 Å². The van der Waals surface area contributed by atoms with Crippen molar-refractivity contribution in [3.05, 3.63) is 23.8 Å². The van der Waals surface area contributed by atoms with Gasteiger partial charge < -0.3 is 0 Å². The number of rotatable bonds is 3. The zero-order valence-corrected chi connectivity index (χ0v) is 6.85. The Kier molecular flexibility index (Phi) is 3.21. The van der Waals surface area contributed by atoms with Gasteiger partial charge >= 0.3 is 0 Å². The smallest absolute Gasteiger partial charge is 0.240 e. The first-order valence-corrected chi connectivity index (χ1v) is 3.50. The largest absolute Gasteiger partial charge is 0.285 e. The van der Waals surface area contributed by atoms with E-state index in [0.29, 0.717) is 0 Å². The first-order valence-electron chi connectivity index (χ1n) is 3.50. The monoisotopic (exact) mass is 187 g/mol. The van der Waals surface area contributed by atoms with E-state index in [-0.39, 0.29) is 16.9 Å². The Labute approximate surface area is 78.8 Å². The van der Waals surface area contributed by atoms with Crippen molar-refractivity contribution < 1.29 is 14.4 Å². The molecule has 0 bridgehead atoms. The van der Waals surface area contributed by atoms with Crippen molar-refractivity contribution in [3.8, 4) is 0 Å². The molecular weight excluding hydrogens is 184 g/mol. The molecule has 67 valence electrons. The molecule has 1 rings (SSSR count). The highest BCUT2D eigenvalue weighted by molar-refractivity contribution is 5.89. The molecule has 0 fully saturated rings. The van der Waals surface area contributed by atoms with E-state index in [1.807, 2.05) is 0 Å². The summed E-state index contributed by atoms with van der Waals surface area (Å²) in [7, 11) is 0. The van der Waals surface area contributed by atoms with E-state index in [4.69, 9.17) is 0 Å². The van der Waals surface area contributed by atoms with Crippen LogP contribution in [0.2, 0.25) is 0 Å². The van der Waals surface area contributed by atoms with E-state index in [2.05, 4.69) is 9.98 Å². The number of para-hydroxylation sites is 1. The molecule has 0 heterocycles. The molecule has 0 aliphatic rings. The predicted molar refractivity (Wildman–Crippen MR) is 46.8 cm³/mol. The summed E-state index contributed by atoms with van der Waals surface area (Å²) in [6, 6.07) is 4.30. The van der Waals surface area contributed by atoms with E-state index < -0.39 is 0 Å². The topological polar surface area (TPSA) is 75.9 Å². The van der Waals surface area contributed by atoms with Crippen LogP contribution in [0.3, 0.4) is 0 Å². The van der Waals surface area contributed by atoms with Crippen LogP contribution in [0.1, 0.15) is 5.56 Å². The number of benzene rings is 1. The minimum absolute atomic E-state index is 0.0270. The van der Waals surface area contributed by atoms with E-state index in [9.17, 15) is 14.4 Å². The van der Waals surface area contributed by atoms with Crippen LogP contribution < -0.4 is 0 Å². The van der Waals surface area contributed by atoms with Crippen molar-refractivity contribution in [1.29, 1.82) is 0 Å². The van der Waals surface area contributed by atoms with Gasteiger partial charge in [-0.2, -0.15) is 9.98 Å². The zero-order valence-electron chi connectivity index (χ0n) is 6.85. The summed E-state index contributed by atoms with van der Waals surface area (Å²) >= 11 is 0. The minimum atomic E-state index is -0.0270. The molecule has 0 atom stereocenters. The highest BCUT2D eigenvalue weighted by atomic mass is 16.1. The average Bonchev–Trinajstić information content (AvgIpc) is 2.21. The molecule has 0 spiro atoms. The molecule has 0 aliphatic carbocycles. The van der Waals surface area contributed by atoms with Crippen molar-refractivity contribution in [2.45, 2.75) is 0 Å². The molecule has 0 saturated carbocycles. The van der Waals surface area contributed by atoms with Crippen LogP contribution in [0.5, 0.6) is 0 Å². The van der Waals surface area contributed by atoms with Gasteiger partial charge in [-0.15, -0.1) is 0 Å². The lowest BCUT2D eigenvalue weighted by Crippen LogP contribution is -1.81. The average molecular weight is 187 g/mol. The van der Waals surface area contributed by atoms with Crippen LogP contribution in [-0.2, 0) is 14.4 Å². The molecule has 14 heavy (non-hydrogen) atoms. The molecular formula is C9H3N2O3. The Hall–Kier alpha value is -2.35. The van der Waals surface area contributed by atoms with Crippen LogP contribution in [0, 0.1) is 0 Å². The lowest BCUT2D eigenvalue weighted by atomic mass is 10.1. The summed E-state index contributed by atoms with van der Waals surface area (Å²) in [6.07, 6.45) is 4.12. The van der Waals surface area contributed by atoms with Gasteiger partial charge in [-0.05, 0) is 12.1 Å². The Morgan fingerprint density at radius 2 is 1.71 bits per heavy atom. The first-order chi connectivity index (χ1) is 6.83. The summed E-state index contributed by atoms with van der Waals surface area (Å²) in [6.45, 7) is 0. The standard InChI is InChI=1S/C9H3N2O3/c12-4-7-2-1-3-8(10-5-13)9(7)11-6-14/h1-3H. The van der Waals surface area contributed by atoms with Gasteiger partial charge in [0.1, 0.15) is 11.4 Å². The molecule has 0 saturated heterocycles. The molecule has 5 nitrogen and oxygen atoms in total. The summed E-state index contributed by atoms with van der Waals surface area (Å²) in [4.78, 5) is 37.0. The van der Waals surface area contributed by atoms with Gasteiger partial charge in [0, 0.05) is 0 Å². The van der Waals surface area contributed by atoms with Gasteiger partial charge in [0.05, 0.1) is 5.56 Å². The number of aliphatic imine (C=N–C) groups is 2. The van der Waals surface area contributed by atoms with Gasteiger partial charge in [0.15, 0.2) is 0 Å². The van der Waals surface area contributed by atoms with Gasteiger partial charge in [-0.1, -0.05) is 6.07 Å². The Morgan fingerprint density at radius 1 is 1.00 bits per heavy atom. The number of hydrogen-bond acceptors (Lipinski definition) is 5. The van der Waals surface area contributed by atoms with Crippen molar-refractivity contribution >= 4 is 29.8 Å². The second-order valence-corrected chi connectivity index (χ2v) is 2.18. The maximum Gasteiger partial charge on any atom is 0.240 e. The van der Waals surface area contributed by atoms with Gasteiger partial charge in [0.2, 0.25) is 18.4 Å². The molecule has 0 amide bonds. The van der Waals surface area contributed by atoms with Crippen molar-refractivity contribution in [2.75, 3.05) is 0 Å². The number of carbonyl (C=O) groups excluding carboxylic acids is 3. The highest BCUT2D eigenvalue weighted by Crippen LogP contribution is 2.29. The summed E-state index contributed by atoms with van der Waals surface area (Å²) in [5, 5.41) is 0. The normalized spacial score (nSPS) is 8.29. The summed E-state index contributed by atoms with van der Waals surface area (Å²) < 4.78 is 0. The molecule has 1 radical (unpaired) electrons. The van der Waals surface area contributed by atoms with Crippen molar-refractivity contribution in [1.82, 2.24) is 0 Å². The first kappa shape index (κ1) is 9.74. The number of hydrogen-bond donors (Lipinski definition) is 0. The van der Waals surface area contributed by atoms with E-state index in [0.717, 1.165) is 0 Å². The third-order valence-electron chi connectivity index (χ3n) is 1.45. The van der Waals surface area contributed by atoms with Crippen LogP contribution in [0.4, 0.5) is 11.4 Å². The molecule has 0 aromatic heterocycles. The Balaban J connectivity index is 3.49. The lowest BCUT2D eigenvalue weighted by Gasteiger charge is -1.97. The fourth-order valence-corrected chi connectivity index (χ4v) is 0.916. The summed E-state index contributed by atoms with van der Waals surface area (Å²) in [5.41, 5.74) is 0.106. The van der Waals surface area contributed by atoms with Crippen LogP contribution in [-0.4, -0.2) is 18.4 Å². The van der Waals surface area contributed by atoms with Gasteiger partial charge in [-0.3, -0.25) is 4.79 Å². The van der Waals surface area contributed by atoms with Crippen LogP contribution in [0.25, 0.3) is 0 Å².